The van der Waals surface area contributed by atoms with Crippen LogP contribution in [0.2, 0.25) is 0 Å². The number of nitrogens with zero attached hydrogens (tertiary/aromatic N) is 2. The quantitative estimate of drug-likeness (QED) is 0.558. The van der Waals surface area contributed by atoms with Gasteiger partial charge < -0.3 is 18.5 Å². The Hall–Kier alpha value is -3.04. The van der Waals surface area contributed by atoms with Crippen molar-refractivity contribution >= 4 is 15.9 Å². The Kier molecular flexibility index (Phi) is 6.09. The minimum absolute atomic E-state index is 0.0770. The summed E-state index contributed by atoms with van der Waals surface area (Å²) in [5, 5.41) is 0. The van der Waals surface area contributed by atoms with Gasteiger partial charge in [-0.2, -0.15) is 0 Å². The predicted octanol–water partition coefficient (Wildman–Crippen LogP) is 2.97. The number of hydrogen-bond donors (Lipinski definition) is 0. The van der Waals surface area contributed by atoms with E-state index in [9.17, 15) is 13.2 Å². The molecule has 2 aromatic heterocycles. The molecule has 3 rings (SSSR count). The van der Waals surface area contributed by atoms with Crippen molar-refractivity contribution in [2.75, 3.05) is 21.2 Å². The number of rotatable bonds is 8. The van der Waals surface area contributed by atoms with E-state index in [1.54, 1.807) is 24.3 Å². The van der Waals surface area contributed by atoms with Gasteiger partial charge in [0.15, 0.2) is 0 Å². The van der Waals surface area contributed by atoms with Crippen LogP contribution in [0, 0.1) is 0 Å². The molecule has 29 heavy (non-hydrogen) atoms. The van der Waals surface area contributed by atoms with Crippen LogP contribution in [0.1, 0.15) is 21.9 Å². The molecule has 9 heteroatoms. The normalized spacial score (nSPS) is 11.6. The number of ether oxygens (including phenoxy) is 1. The van der Waals surface area contributed by atoms with Gasteiger partial charge in [-0.1, -0.05) is 0 Å². The van der Waals surface area contributed by atoms with Gasteiger partial charge in [-0.3, -0.25) is 4.79 Å². The lowest BCUT2D eigenvalue weighted by Crippen LogP contribution is -2.30. The highest BCUT2D eigenvalue weighted by Gasteiger charge is 2.26. The van der Waals surface area contributed by atoms with Crippen molar-refractivity contribution in [1.82, 2.24) is 9.21 Å². The molecule has 0 saturated heterocycles. The van der Waals surface area contributed by atoms with Crippen LogP contribution in [0.5, 0.6) is 5.75 Å². The molecular formula is C20H22N2O6S. The Bertz CT molecular complexity index is 1020. The fourth-order valence-electron chi connectivity index (χ4n) is 2.77. The molecule has 0 atom stereocenters. The van der Waals surface area contributed by atoms with E-state index in [1.807, 2.05) is 0 Å². The number of furan rings is 2. The molecular weight excluding hydrogens is 396 g/mol. The first-order valence-corrected chi connectivity index (χ1v) is 10.2. The van der Waals surface area contributed by atoms with E-state index in [2.05, 4.69) is 0 Å². The van der Waals surface area contributed by atoms with Gasteiger partial charge in [0, 0.05) is 19.7 Å². The number of amides is 1. The highest BCUT2D eigenvalue weighted by Crippen LogP contribution is 2.28. The third-order valence-electron chi connectivity index (χ3n) is 4.31. The fraction of sp³-hybridized carbons (Fsp3) is 0.250. The van der Waals surface area contributed by atoms with Gasteiger partial charge in [0.05, 0.1) is 32.7 Å². The average Bonchev–Trinajstić information content (AvgIpc) is 3.40. The summed E-state index contributed by atoms with van der Waals surface area (Å²) >= 11 is 0. The minimum atomic E-state index is -3.80. The maximum Gasteiger partial charge on any atom is 0.254 e. The van der Waals surface area contributed by atoms with Crippen LogP contribution in [-0.4, -0.2) is 44.7 Å². The van der Waals surface area contributed by atoms with E-state index in [4.69, 9.17) is 13.6 Å². The molecule has 0 radical (unpaired) electrons. The number of sulfonamides is 1. The van der Waals surface area contributed by atoms with E-state index >= 15 is 0 Å². The van der Waals surface area contributed by atoms with Crippen LogP contribution in [0.3, 0.4) is 0 Å². The first kappa shape index (κ1) is 20.7. The Morgan fingerprint density at radius 2 is 1.59 bits per heavy atom. The van der Waals surface area contributed by atoms with Crippen molar-refractivity contribution in [1.29, 1.82) is 0 Å². The smallest absolute Gasteiger partial charge is 0.254 e. The topological polar surface area (TPSA) is 93.2 Å². The Labute approximate surface area is 169 Å². The predicted molar refractivity (Wildman–Crippen MR) is 105 cm³/mol. The van der Waals surface area contributed by atoms with Gasteiger partial charge in [0.25, 0.3) is 5.91 Å². The van der Waals surface area contributed by atoms with Crippen LogP contribution in [0.25, 0.3) is 0 Å². The molecule has 154 valence electrons. The molecule has 0 aliphatic rings. The second kappa shape index (κ2) is 8.54. The second-order valence-corrected chi connectivity index (χ2v) is 8.59. The molecule has 0 N–H and O–H groups in total. The fourth-order valence-corrected chi connectivity index (χ4v) is 3.85. The Morgan fingerprint density at radius 1 is 1.00 bits per heavy atom. The molecule has 0 unspecified atom stereocenters. The SMILES string of the molecule is COc1ccc(C(=O)N(Cc2ccco2)Cc2ccco2)cc1S(=O)(=O)N(C)C. The maximum atomic E-state index is 13.2. The first-order valence-electron chi connectivity index (χ1n) is 8.77. The largest absolute Gasteiger partial charge is 0.495 e. The third kappa shape index (κ3) is 4.52. The van der Waals surface area contributed by atoms with Gasteiger partial charge in [0.2, 0.25) is 10.0 Å². The van der Waals surface area contributed by atoms with E-state index in [-0.39, 0.29) is 35.2 Å². The molecule has 0 aliphatic heterocycles. The molecule has 0 saturated carbocycles. The van der Waals surface area contributed by atoms with Crippen molar-refractivity contribution < 1.29 is 26.8 Å². The molecule has 0 bridgehead atoms. The Morgan fingerprint density at radius 3 is 2.03 bits per heavy atom. The van der Waals surface area contributed by atoms with Crippen LogP contribution in [0.15, 0.2) is 68.7 Å². The molecule has 1 amide bonds. The first-order chi connectivity index (χ1) is 13.8. The molecule has 8 nitrogen and oxygen atoms in total. The lowest BCUT2D eigenvalue weighted by Gasteiger charge is -2.22. The highest BCUT2D eigenvalue weighted by molar-refractivity contribution is 7.89. The summed E-state index contributed by atoms with van der Waals surface area (Å²) in [4.78, 5) is 14.7. The number of hydrogen-bond acceptors (Lipinski definition) is 6. The number of carbonyl (C=O) groups excluding carboxylic acids is 1. The van der Waals surface area contributed by atoms with E-state index < -0.39 is 10.0 Å². The van der Waals surface area contributed by atoms with Crippen LogP contribution >= 0.6 is 0 Å². The summed E-state index contributed by atoms with van der Waals surface area (Å²) in [5.74, 6) is 0.994. The van der Waals surface area contributed by atoms with Crippen LogP contribution in [0.4, 0.5) is 0 Å². The summed E-state index contributed by atoms with van der Waals surface area (Å²) in [6.45, 7) is 0.405. The lowest BCUT2D eigenvalue weighted by molar-refractivity contribution is 0.0704. The second-order valence-electron chi connectivity index (χ2n) is 6.47. The zero-order valence-electron chi connectivity index (χ0n) is 16.4. The molecule has 1 aromatic carbocycles. The van der Waals surface area contributed by atoms with E-state index in [1.165, 1.54) is 56.8 Å². The van der Waals surface area contributed by atoms with Gasteiger partial charge in [-0.25, -0.2) is 12.7 Å². The zero-order chi connectivity index (χ0) is 21.0. The average molecular weight is 418 g/mol. The molecule has 3 aromatic rings. The maximum absolute atomic E-state index is 13.2. The number of carbonyl (C=O) groups is 1. The molecule has 2 heterocycles. The van der Waals surface area contributed by atoms with Gasteiger partial charge >= 0.3 is 0 Å². The summed E-state index contributed by atoms with van der Waals surface area (Å²) in [7, 11) is 0.420. The summed E-state index contributed by atoms with van der Waals surface area (Å²) in [6.07, 6.45) is 3.06. The number of benzene rings is 1. The van der Waals surface area contributed by atoms with Crippen molar-refractivity contribution in [3.05, 3.63) is 72.1 Å². The zero-order valence-corrected chi connectivity index (χ0v) is 17.2. The minimum Gasteiger partial charge on any atom is -0.495 e. The van der Waals surface area contributed by atoms with Crippen molar-refractivity contribution in [2.45, 2.75) is 18.0 Å². The monoisotopic (exact) mass is 418 g/mol. The standard InChI is InChI=1S/C20H22N2O6S/c1-21(2)29(24,25)19-12-15(8-9-18(19)26-3)20(23)22(13-16-6-4-10-27-16)14-17-7-5-11-28-17/h4-12H,13-14H2,1-3H3. The molecule has 0 fully saturated rings. The number of methoxy groups -OCH3 is 1. The summed E-state index contributed by atoms with van der Waals surface area (Å²) < 4.78 is 42.3. The highest BCUT2D eigenvalue weighted by atomic mass is 32.2. The van der Waals surface area contributed by atoms with Crippen LogP contribution < -0.4 is 4.74 Å². The molecule has 0 spiro atoms. The lowest BCUT2D eigenvalue weighted by atomic mass is 10.1. The molecule has 0 aliphatic carbocycles. The summed E-state index contributed by atoms with van der Waals surface area (Å²) in [5.41, 5.74) is 0.212. The third-order valence-corrected chi connectivity index (χ3v) is 6.15. The van der Waals surface area contributed by atoms with Crippen molar-refractivity contribution in [3.63, 3.8) is 0 Å². The van der Waals surface area contributed by atoms with Crippen LogP contribution in [-0.2, 0) is 23.1 Å². The van der Waals surface area contributed by atoms with Crippen molar-refractivity contribution in [3.8, 4) is 5.75 Å². The van der Waals surface area contributed by atoms with Gasteiger partial charge in [-0.05, 0) is 42.5 Å². The van der Waals surface area contributed by atoms with E-state index in [0.29, 0.717) is 11.5 Å². The van der Waals surface area contributed by atoms with E-state index in [0.717, 1.165) is 4.31 Å². The van der Waals surface area contributed by atoms with Gasteiger partial charge in [0.1, 0.15) is 22.2 Å². The van der Waals surface area contributed by atoms with Crippen molar-refractivity contribution in [2.24, 2.45) is 0 Å². The Balaban J connectivity index is 1.98. The summed E-state index contributed by atoms with van der Waals surface area (Å²) in [6, 6.07) is 11.3. The van der Waals surface area contributed by atoms with Gasteiger partial charge in [-0.15, -0.1) is 0 Å².